The third-order valence-corrected chi connectivity index (χ3v) is 3.57. The highest BCUT2D eigenvalue weighted by molar-refractivity contribution is 14.1. The van der Waals surface area contributed by atoms with Crippen LogP contribution in [-0.2, 0) is 9.53 Å². The lowest BCUT2D eigenvalue weighted by molar-refractivity contribution is -0.119. The molecule has 1 amide bonds. The molecule has 4 nitrogen and oxygen atoms in total. The largest absolute Gasteiger partial charge is 0.452 e. The first-order chi connectivity index (χ1) is 10.5. The molecule has 0 spiro atoms. The van der Waals surface area contributed by atoms with Gasteiger partial charge in [-0.15, -0.1) is 0 Å². The molecule has 0 atom stereocenters. The third kappa shape index (κ3) is 4.23. The van der Waals surface area contributed by atoms with Crippen LogP contribution in [0.5, 0.6) is 0 Å². The molecule has 0 aliphatic heterocycles. The Hall–Kier alpha value is -2.03. The third-order valence-electron chi connectivity index (χ3n) is 2.63. The van der Waals surface area contributed by atoms with Crippen LogP contribution in [0.2, 0.25) is 0 Å². The number of anilines is 1. The van der Waals surface area contributed by atoms with Crippen LogP contribution in [0.15, 0.2) is 42.5 Å². The van der Waals surface area contributed by atoms with Crippen molar-refractivity contribution in [1.82, 2.24) is 0 Å². The van der Waals surface area contributed by atoms with Gasteiger partial charge in [0.1, 0.15) is 11.6 Å². The number of nitrogens with one attached hydrogen (secondary N) is 1. The van der Waals surface area contributed by atoms with Crippen molar-refractivity contribution in [2.75, 3.05) is 11.9 Å². The van der Waals surface area contributed by atoms with E-state index in [1.54, 1.807) is 24.3 Å². The summed E-state index contributed by atoms with van der Waals surface area (Å²) in [6.45, 7) is -0.569. The number of benzene rings is 2. The van der Waals surface area contributed by atoms with E-state index < -0.39 is 30.1 Å². The average molecular weight is 417 g/mol. The zero-order valence-electron chi connectivity index (χ0n) is 11.1. The van der Waals surface area contributed by atoms with E-state index >= 15 is 0 Å². The zero-order valence-corrected chi connectivity index (χ0v) is 13.3. The van der Waals surface area contributed by atoms with Crippen LogP contribution in [0.1, 0.15) is 10.4 Å². The lowest BCUT2D eigenvalue weighted by Crippen LogP contribution is -2.21. The standard InChI is InChI=1S/C15H10F2INO3/c16-9-5-6-13(11(17)7-9)19-14(20)8-22-15(21)10-3-1-2-4-12(10)18/h1-7H,8H2,(H,19,20). The van der Waals surface area contributed by atoms with Crippen molar-refractivity contribution in [2.24, 2.45) is 0 Å². The maximum atomic E-state index is 13.4. The first-order valence-corrected chi connectivity index (χ1v) is 7.22. The predicted molar refractivity (Wildman–Crippen MR) is 84.4 cm³/mol. The molecule has 22 heavy (non-hydrogen) atoms. The van der Waals surface area contributed by atoms with Gasteiger partial charge in [-0.25, -0.2) is 13.6 Å². The molecule has 0 radical (unpaired) electrons. The molecular weight excluding hydrogens is 407 g/mol. The van der Waals surface area contributed by atoms with Crippen LogP contribution in [0, 0.1) is 15.2 Å². The molecule has 0 bridgehead atoms. The highest BCUT2D eigenvalue weighted by Gasteiger charge is 2.14. The summed E-state index contributed by atoms with van der Waals surface area (Å²) in [7, 11) is 0. The summed E-state index contributed by atoms with van der Waals surface area (Å²) in [6.07, 6.45) is 0. The van der Waals surface area contributed by atoms with Gasteiger partial charge in [0.25, 0.3) is 5.91 Å². The fraction of sp³-hybridized carbons (Fsp3) is 0.0667. The van der Waals surface area contributed by atoms with Crippen LogP contribution in [0.25, 0.3) is 0 Å². The Morgan fingerprint density at radius 1 is 1.14 bits per heavy atom. The molecule has 0 aliphatic rings. The average Bonchev–Trinajstić information content (AvgIpc) is 2.48. The molecule has 1 N–H and O–H groups in total. The van der Waals surface area contributed by atoms with E-state index in [0.29, 0.717) is 15.2 Å². The summed E-state index contributed by atoms with van der Waals surface area (Å²) in [6, 6.07) is 9.48. The van der Waals surface area contributed by atoms with Crippen molar-refractivity contribution in [3.8, 4) is 0 Å². The Labute approximate surface area is 138 Å². The first kappa shape index (κ1) is 16.3. The van der Waals surface area contributed by atoms with Crippen molar-refractivity contribution in [3.05, 3.63) is 63.2 Å². The maximum absolute atomic E-state index is 13.4. The molecule has 2 rings (SSSR count). The highest BCUT2D eigenvalue weighted by atomic mass is 127. The zero-order chi connectivity index (χ0) is 16.1. The van der Waals surface area contributed by atoms with E-state index in [-0.39, 0.29) is 5.69 Å². The fourth-order valence-corrected chi connectivity index (χ4v) is 2.22. The number of esters is 1. The van der Waals surface area contributed by atoms with Crippen molar-refractivity contribution >= 4 is 40.2 Å². The topological polar surface area (TPSA) is 55.4 Å². The minimum Gasteiger partial charge on any atom is -0.452 e. The molecule has 0 aliphatic carbocycles. The molecule has 2 aromatic rings. The molecule has 0 unspecified atom stereocenters. The Kier molecular flexibility index (Phi) is 5.42. The second-order valence-corrected chi connectivity index (χ2v) is 5.39. The van der Waals surface area contributed by atoms with Crippen molar-refractivity contribution in [2.45, 2.75) is 0 Å². The molecule has 0 saturated heterocycles. The Morgan fingerprint density at radius 3 is 2.55 bits per heavy atom. The lowest BCUT2D eigenvalue weighted by Gasteiger charge is -2.08. The van der Waals surface area contributed by atoms with E-state index in [9.17, 15) is 18.4 Å². The smallest absolute Gasteiger partial charge is 0.339 e. The van der Waals surface area contributed by atoms with Crippen LogP contribution >= 0.6 is 22.6 Å². The molecule has 0 aromatic heterocycles. The van der Waals surface area contributed by atoms with E-state index in [1.807, 2.05) is 22.6 Å². The number of carbonyl (C=O) groups is 2. The monoisotopic (exact) mass is 417 g/mol. The number of ether oxygens (including phenoxy) is 1. The van der Waals surface area contributed by atoms with Gasteiger partial charge < -0.3 is 10.1 Å². The molecule has 2 aromatic carbocycles. The predicted octanol–water partition coefficient (Wildman–Crippen LogP) is 3.36. The summed E-state index contributed by atoms with van der Waals surface area (Å²) >= 11 is 1.97. The van der Waals surface area contributed by atoms with Crippen LogP contribution in [-0.4, -0.2) is 18.5 Å². The van der Waals surface area contributed by atoms with Gasteiger partial charge >= 0.3 is 5.97 Å². The molecule has 0 saturated carbocycles. The van der Waals surface area contributed by atoms with Crippen molar-refractivity contribution in [3.63, 3.8) is 0 Å². The molecule has 114 valence electrons. The highest BCUT2D eigenvalue weighted by Crippen LogP contribution is 2.15. The Morgan fingerprint density at radius 2 is 1.86 bits per heavy atom. The second-order valence-electron chi connectivity index (χ2n) is 4.23. The van der Waals surface area contributed by atoms with Crippen LogP contribution < -0.4 is 5.32 Å². The van der Waals surface area contributed by atoms with Gasteiger partial charge in [0, 0.05) is 9.64 Å². The van der Waals surface area contributed by atoms with Gasteiger partial charge in [-0.2, -0.15) is 0 Å². The molecular formula is C15H10F2INO3. The van der Waals surface area contributed by atoms with E-state index in [0.717, 1.165) is 12.1 Å². The summed E-state index contributed by atoms with van der Waals surface area (Å²) < 4.78 is 31.6. The number of halogens is 3. The van der Waals surface area contributed by atoms with Gasteiger partial charge in [-0.1, -0.05) is 12.1 Å². The number of carbonyl (C=O) groups excluding carboxylic acids is 2. The first-order valence-electron chi connectivity index (χ1n) is 6.14. The van der Waals surface area contributed by atoms with Gasteiger partial charge in [0.05, 0.1) is 11.3 Å². The van der Waals surface area contributed by atoms with Gasteiger partial charge in [0.15, 0.2) is 6.61 Å². The fourth-order valence-electron chi connectivity index (χ4n) is 1.61. The molecule has 0 fully saturated rings. The summed E-state index contributed by atoms with van der Waals surface area (Å²) in [5.41, 5.74) is 0.153. The number of hydrogen-bond donors (Lipinski definition) is 1. The second kappa shape index (κ2) is 7.30. The number of amides is 1. The maximum Gasteiger partial charge on any atom is 0.339 e. The number of rotatable bonds is 4. The van der Waals surface area contributed by atoms with E-state index in [1.165, 1.54) is 0 Å². The van der Waals surface area contributed by atoms with Gasteiger partial charge in [0.2, 0.25) is 0 Å². The minimum atomic E-state index is -0.905. The molecule has 0 heterocycles. The van der Waals surface area contributed by atoms with Gasteiger partial charge in [-0.3, -0.25) is 4.79 Å². The van der Waals surface area contributed by atoms with E-state index in [4.69, 9.17) is 4.74 Å². The summed E-state index contributed by atoms with van der Waals surface area (Å²) in [5.74, 6) is -3.03. The summed E-state index contributed by atoms with van der Waals surface area (Å²) in [5, 5.41) is 2.20. The SMILES string of the molecule is O=C(COC(=O)c1ccccc1I)Nc1ccc(F)cc1F. The van der Waals surface area contributed by atoms with Crippen LogP contribution in [0.4, 0.5) is 14.5 Å². The normalized spacial score (nSPS) is 10.1. The quantitative estimate of drug-likeness (QED) is 0.614. The van der Waals surface area contributed by atoms with Gasteiger partial charge in [-0.05, 0) is 46.9 Å². The number of hydrogen-bond acceptors (Lipinski definition) is 3. The Bertz CT molecular complexity index is 722. The Balaban J connectivity index is 1.93. The van der Waals surface area contributed by atoms with Crippen LogP contribution in [0.3, 0.4) is 0 Å². The lowest BCUT2D eigenvalue weighted by atomic mass is 10.2. The molecule has 7 heteroatoms. The van der Waals surface area contributed by atoms with Crippen molar-refractivity contribution in [1.29, 1.82) is 0 Å². The summed E-state index contributed by atoms with van der Waals surface area (Å²) in [4.78, 5) is 23.4. The van der Waals surface area contributed by atoms with E-state index in [2.05, 4.69) is 5.32 Å². The minimum absolute atomic E-state index is 0.184. The van der Waals surface area contributed by atoms with Crippen molar-refractivity contribution < 1.29 is 23.1 Å².